The number of hydrogen-bond acceptors (Lipinski definition) is 3. The van der Waals surface area contributed by atoms with Gasteiger partial charge in [0.2, 0.25) is 0 Å². The maximum atomic E-state index is 12.2. The molecule has 0 bridgehead atoms. The van der Waals surface area contributed by atoms with Gasteiger partial charge >= 0.3 is 0 Å². The Bertz CT molecular complexity index is 625. The zero-order valence-electron chi connectivity index (χ0n) is 11.9. The first-order chi connectivity index (χ1) is 9.56. The standard InChI is InChI=1S/C17H18O3/c1-10-6-7-12-13(8-10)16(9-11(2)18)20-15-5-3-4-14(19)17(12)15/h6-8,16H,3-5,9H2,1-2H3. The van der Waals surface area contributed by atoms with Gasteiger partial charge in [0.05, 0.1) is 5.57 Å². The minimum Gasteiger partial charge on any atom is -0.489 e. The summed E-state index contributed by atoms with van der Waals surface area (Å²) in [6, 6.07) is 6.05. The average molecular weight is 270 g/mol. The largest absolute Gasteiger partial charge is 0.489 e. The van der Waals surface area contributed by atoms with E-state index in [0.717, 1.165) is 40.9 Å². The maximum absolute atomic E-state index is 12.2. The minimum absolute atomic E-state index is 0.105. The highest BCUT2D eigenvalue weighted by Crippen LogP contribution is 2.43. The highest BCUT2D eigenvalue weighted by atomic mass is 16.5. The molecule has 1 unspecified atom stereocenters. The zero-order valence-corrected chi connectivity index (χ0v) is 11.9. The molecule has 104 valence electrons. The molecular formula is C17H18O3. The first-order valence-electron chi connectivity index (χ1n) is 7.09. The molecule has 0 N–H and O–H groups in total. The fraction of sp³-hybridized carbons (Fsp3) is 0.412. The van der Waals surface area contributed by atoms with E-state index < -0.39 is 0 Å². The molecule has 2 aliphatic rings. The molecule has 0 fully saturated rings. The Morgan fingerprint density at radius 3 is 2.90 bits per heavy atom. The molecular weight excluding hydrogens is 252 g/mol. The van der Waals surface area contributed by atoms with E-state index in [9.17, 15) is 9.59 Å². The fourth-order valence-electron chi connectivity index (χ4n) is 3.06. The lowest BCUT2D eigenvalue weighted by Crippen LogP contribution is -2.22. The predicted octanol–water partition coefficient (Wildman–Crippen LogP) is 3.51. The Morgan fingerprint density at radius 2 is 2.15 bits per heavy atom. The summed E-state index contributed by atoms with van der Waals surface area (Å²) in [7, 11) is 0. The van der Waals surface area contributed by atoms with Crippen LogP contribution >= 0.6 is 0 Å². The Hall–Kier alpha value is -1.90. The van der Waals surface area contributed by atoms with E-state index in [1.165, 1.54) is 0 Å². The van der Waals surface area contributed by atoms with Crippen LogP contribution in [0, 0.1) is 6.92 Å². The lowest BCUT2D eigenvalue weighted by molar-refractivity contribution is -0.119. The smallest absolute Gasteiger partial charge is 0.166 e. The van der Waals surface area contributed by atoms with Crippen molar-refractivity contribution in [2.45, 2.75) is 45.6 Å². The van der Waals surface area contributed by atoms with Crippen LogP contribution in [0.25, 0.3) is 5.57 Å². The Labute approximate surface area is 118 Å². The molecule has 3 heteroatoms. The second-order valence-corrected chi connectivity index (χ2v) is 5.68. The lowest BCUT2D eigenvalue weighted by Gasteiger charge is -2.32. The lowest BCUT2D eigenvalue weighted by atomic mass is 9.83. The summed E-state index contributed by atoms with van der Waals surface area (Å²) in [5.41, 5.74) is 3.81. The monoisotopic (exact) mass is 270 g/mol. The van der Waals surface area contributed by atoms with Crippen LogP contribution in [0.1, 0.15) is 55.4 Å². The maximum Gasteiger partial charge on any atom is 0.166 e. The number of carbonyl (C=O) groups is 2. The average Bonchev–Trinajstić information content (AvgIpc) is 2.38. The van der Waals surface area contributed by atoms with Gasteiger partial charge in [-0.3, -0.25) is 9.59 Å². The van der Waals surface area contributed by atoms with Crippen LogP contribution < -0.4 is 0 Å². The number of benzene rings is 1. The number of rotatable bonds is 2. The van der Waals surface area contributed by atoms with Crippen LogP contribution in [0.2, 0.25) is 0 Å². The van der Waals surface area contributed by atoms with Crippen molar-refractivity contribution in [3.8, 4) is 0 Å². The van der Waals surface area contributed by atoms with Gasteiger partial charge in [-0.15, -0.1) is 0 Å². The van der Waals surface area contributed by atoms with Gasteiger partial charge in [-0.05, 0) is 25.8 Å². The van der Waals surface area contributed by atoms with Gasteiger partial charge in [-0.25, -0.2) is 0 Å². The third kappa shape index (κ3) is 2.17. The zero-order chi connectivity index (χ0) is 14.3. The first-order valence-corrected chi connectivity index (χ1v) is 7.09. The van der Waals surface area contributed by atoms with E-state index >= 15 is 0 Å². The number of allylic oxidation sites excluding steroid dienone is 2. The number of aryl methyl sites for hydroxylation is 1. The van der Waals surface area contributed by atoms with Gasteiger partial charge in [-0.1, -0.05) is 23.8 Å². The molecule has 0 saturated carbocycles. The Balaban J connectivity index is 2.13. The van der Waals surface area contributed by atoms with Crippen molar-refractivity contribution in [2.24, 2.45) is 0 Å². The molecule has 1 aromatic rings. The Kier molecular flexibility index (Phi) is 3.20. The molecule has 1 heterocycles. The molecule has 0 aromatic heterocycles. The minimum atomic E-state index is -0.243. The number of ether oxygens (including phenoxy) is 1. The van der Waals surface area contributed by atoms with Crippen LogP contribution in [0.5, 0.6) is 0 Å². The molecule has 0 spiro atoms. The van der Waals surface area contributed by atoms with E-state index in [0.29, 0.717) is 12.8 Å². The highest BCUT2D eigenvalue weighted by molar-refractivity contribution is 6.22. The second kappa shape index (κ2) is 4.89. The van der Waals surface area contributed by atoms with Crippen molar-refractivity contribution in [3.63, 3.8) is 0 Å². The van der Waals surface area contributed by atoms with Crippen LogP contribution in [0.3, 0.4) is 0 Å². The van der Waals surface area contributed by atoms with Gasteiger partial charge in [0.25, 0.3) is 0 Å². The van der Waals surface area contributed by atoms with Crippen LogP contribution in [0.15, 0.2) is 24.0 Å². The summed E-state index contributed by atoms with van der Waals surface area (Å²) in [6.07, 6.45) is 2.34. The van der Waals surface area contributed by atoms with Gasteiger partial charge < -0.3 is 4.74 Å². The van der Waals surface area contributed by atoms with Crippen molar-refractivity contribution in [1.82, 2.24) is 0 Å². The first kappa shape index (κ1) is 13.1. The van der Waals surface area contributed by atoms with Crippen LogP contribution in [-0.2, 0) is 14.3 Å². The molecule has 3 rings (SSSR count). The molecule has 1 aliphatic carbocycles. The molecule has 1 atom stereocenters. The van der Waals surface area contributed by atoms with Gasteiger partial charge in [-0.2, -0.15) is 0 Å². The van der Waals surface area contributed by atoms with E-state index in [4.69, 9.17) is 4.74 Å². The van der Waals surface area contributed by atoms with Crippen molar-refractivity contribution in [3.05, 3.63) is 40.6 Å². The van der Waals surface area contributed by atoms with Gasteiger partial charge in [0.1, 0.15) is 17.6 Å². The van der Waals surface area contributed by atoms with Crippen LogP contribution in [-0.4, -0.2) is 11.6 Å². The molecule has 0 radical (unpaired) electrons. The topological polar surface area (TPSA) is 43.4 Å². The molecule has 0 saturated heterocycles. The summed E-state index contributed by atoms with van der Waals surface area (Å²) in [5, 5.41) is 0. The summed E-state index contributed by atoms with van der Waals surface area (Å²) < 4.78 is 5.99. The summed E-state index contributed by atoms with van der Waals surface area (Å²) in [4.78, 5) is 23.7. The summed E-state index contributed by atoms with van der Waals surface area (Å²) >= 11 is 0. The van der Waals surface area contributed by atoms with Crippen molar-refractivity contribution >= 4 is 17.1 Å². The van der Waals surface area contributed by atoms with Crippen molar-refractivity contribution < 1.29 is 14.3 Å². The predicted molar refractivity (Wildman–Crippen MR) is 76.1 cm³/mol. The quantitative estimate of drug-likeness (QED) is 0.826. The molecule has 1 aliphatic heterocycles. The highest BCUT2D eigenvalue weighted by Gasteiger charge is 2.33. The summed E-state index contributed by atoms with van der Waals surface area (Å²) in [6.45, 7) is 3.59. The molecule has 0 amide bonds. The molecule has 3 nitrogen and oxygen atoms in total. The summed E-state index contributed by atoms with van der Waals surface area (Å²) in [5.74, 6) is 1.05. The normalized spacial score (nSPS) is 21.1. The number of hydrogen-bond donors (Lipinski definition) is 0. The van der Waals surface area contributed by atoms with E-state index in [1.807, 2.05) is 25.1 Å². The number of carbonyl (C=O) groups excluding carboxylic acids is 2. The van der Waals surface area contributed by atoms with Gasteiger partial charge in [0.15, 0.2) is 5.78 Å². The van der Waals surface area contributed by atoms with E-state index in [-0.39, 0.29) is 17.7 Å². The Morgan fingerprint density at radius 1 is 1.35 bits per heavy atom. The van der Waals surface area contributed by atoms with E-state index in [2.05, 4.69) is 0 Å². The van der Waals surface area contributed by atoms with E-state index in [1.54, 1.807) is 6.92 Å². The number of fused-ring (bicyclic) bond motifs is 2. The SMILES string of the molecule is CC(=O)CC1OC2=C(C(=O)CCC2)c2ccc(C)cc21. The third-order valence-electron chi connectivity index (χ3n) is 3.95. The molecule has 1 aromatic carbocycles. The van der Waals surface area contributed by atoms with Crippen LogP contribution in [0.4, 0.5) is 0 Å². The number of Topliss-reactive ketones (excluding diaryl/α,β-unsaturated/α-hetero) is 2. The van der Waals surface area contributed by atoms with Crippen molar-refractivity contribution in [2.75, 3.05) is 0 Å². The molecule has 20 heavy (non-hydrogen) atoms. The fourth-order valence-corrected chi connectivity index (χ4v) is 3.06. The van der Waals surface area contributed by atoms with Gasteiger partial charge in [0, 0.05) is 24.8 Å². The van der Waals surface area contributed by atoms with Crippen molar-refractivity contribution in [1.29, 1.82) is 0 Å². The second-order valence-electron chi connectivity index (χ2n) is 5.68. The third-order valence-corrected chi connectivity index (χ3v) is 3.95. The number of ketones is 2.